The number of hydrogen-bond acceptors (Lipinski definition) is 2. The topological polar surface area (TPSA) is 38.0 Å². The molecule has 1 aromatic carbocycles. The summed E-state index contributed by atoms with van der Waals surface area (Å²) in [6, 6.07) is 4.80. The Morgan fingerprint density at radius 1 is 1.47 bits per heavy atom. The van der Waals surface area contributed by atoms with Gasteiger partial charge in [-0.25, -0.2) is 4.39 Å². The SMILES string of the molecule is CC1CCCC(C(Cc2ccc(F)cc2Cl)NN)C1. The third kappa shape index (κ3) is 3.91. The van der Waals surface area contributed by atoms with E-state index in [-0.39, 0.29) is 11.9 Å². The Hall–Kier alpha value is -0.640. The Labute approximate surface area is 119 Å². The van der Waals surface area contributed by atoms with Crippen molar-refractivity contribution in [2.45, 2.75) is 45.1 Å². The quantitative estimate of drug-likeness (QED) is 0.654. The number of nitrogens with one attached hydrogen (secondary N) is 1. The van der Waals surface area contributed by atoms with E-state index in [9.17, 15) is 4.39 Å². The van der Waals surface area contributed by atoms with Gasteiger partial charge in [0.1, 0.15) is 5.82 Å². The maximum atomic E-state index is 13.0. The first-order valence-corrected chi connectivity index (χ1v) is 7.38. The molecule has 1 aliphatic carbocycles. The van der Waals surface area contributed by atoms with Crippen LogP contribution in [0.2, 0.25) is 5.02 Å². The zero-order valence-corrected chi connectivity index (χ0v) is 12.1. The van der Waals surface area contributed by atoms with Crippen molar-refractivity contribution in [2.24, 2.45) is 17.7 Å². The molecule has 0 amide bonds. The molecule has 3 unspecified atom stereocenters. The minimum absolute atomic E-state index is 0.214. The van der Waals surface area contributed by atoms with Crippen molar-refractivity contribution in [1.82, 2.24) is 5.43 Å². The second-order valence-electron chi connectivity index (χ2n) is 5.74. The number of hydrogen-bond donors (Lipinski definition) is 2. The highest BCUT2D eigenvalue weighted by molar-refractivity contribution is 6.31. The molecule has 0 bridgehead atoms. The molecule has 0 heterocycles. The molecule has 4 heteroatoms. The highest BCUT2D eigenvalue weighted by atomic mass is 35.5. The summed E-state index contributed by atoms with van der Waals surface area (Å²) >= 11 is 6.09. The van der Waals surface area contributed by atoms with E-state index in [1.54, 1.807) is 6.07 Å². The Morgan fingerprint density at radius 2 is 2.26 bits per heavy atom. The number of halogens is 2. The molecule has 3 N–H and O–H groups in total. The third-order valence-electron chi connectivity index (χ3n) is 4.22. The number of nitrogens with two attached hydrogens (primary N) is 1. The van der Waals surface area contributed by atoms with E-state index in [2.05, 4.69) is 12.3 Å². The van der Waals surface area contributed by atoms with Crippen LogP contribution in [0.5, 0.6) is 0 Å². The summed E-state index contributed by atoms with van der Waals surface area (Å²) in [5, 5.41) is 0.490. The van der Waals surface area contributed by atoms with Crippen LogP contribution in [-0.4, -0.2) is 6.04 Å². The first kappa shape index (κ1) is 14.8. The van der Waals surface area contributed by atoms with Crippen LogP contribution < -0.4 is 11.3 Å². The molecule has 3 atom stereocenters. The van der Waals surface area contributed by atoms with Crippen molar-refractivity contribution in [3.63, 3.8) is 0 Å². The lowest BCUT2D eigenvalue weighted by atomic mass is 9.77. The molecule has 1 saturated carbocycles. The predicted molar refractivity (Wildman–Crippen MR) is 77.3 cm³/mol. The highest BCUT2D eigenvalue weighted by Gasteiger charge is 2.26. The minimum atomic E-state index is -0.294. The average Bonchev–Trinajstić information content (AvgIpc) is 2.38. The van der Waals surface area contributed by atoms with Crippen molar-refractivity contribution >= 4 is 11.6 Å². The maximum absolute atomic E-state index is 13.0. The van der Waals surface area contributed by atoms with Gasteiger partial charge in [0.2, 0.25) is 0 Å². The van der Waals surface area contributed by atoms with Gasteiger partial charge in [-0.15, -0.1) is 0 Å². The summed E-state index contributed by atoms with van der Waals surface area (Å²) in [5.74, 6) is 6.76. The van der Waals surface area contributed by atoms with Gasteiger partial charge in [0, 0.05) is 11.1 Å². The van der Waals surface area contributed by atoms with Crippen molar-refractivity contribution in [3.8, 4) is 0 Å². The van der Waals surface area contributed by atoms with Crippen molar-refractivity contribution in [3.05, 3.63) is 34.6 Å². The molecule has 19 heavy (non-hydrogen) atoms. The smallest absolute Gasteiger partial charge is 0.124 e. The molecule has 2 rings (SSSR count). The molecule has 106 valence electrons. The molecule has 0 saturated heterocycles. The molecular weight excluding hydrogens is 263 g/mol. The number of benzene rings is 1. The van der Waals surface area contributed by atoms with E-state index in [1.807, 2.05) is 0 Å². The van der Waals surface area contributed by atoms with E-state index in [1.165, 1.54) is 37.8 Å². The third-order valence-corrected chi connectivity index (χ3v) is 4.57. The van der Waals surface area contributed by atoms with E-state index in [0.29, 0.717) is 10.9 Å². The lowest BCUT2D eigenvalue weighted by Crippen LogP contribution is -2.44. The van der Waals surface area contributed by atoms with Crippen molar-refractivity contribution < 1.29 is 4.39 Å². The number of hydrazine groups is 1. The fraction of sp³-hybridized carbons (Fsp3) is 0.600. The summed E-state index contributed by atoms with van der Waals surface area (Å²) in [6.07, 6.45) is 5.74. The molecule has 0 spiro atoms. The summed E-state index contributed by atoms with van der Waals surface area (Å²) < 4.78 is 13.0. The van der Waals surface area contributed by atoms with Crippen LogP contribution in [0.25, 0.3) is 0 Å². The van der Waals surface area contributed by atoms with Gasteiger partial charge in [-0.05, 0) is 48.8 Å². The molecule has 0 aromatic heterocycles. The first-order chi connectivity index (χ1) is 9.10. The second-order valence-corrected chi connectivity index (χ2v) is 6.15. The van der Waals surface area contributed by atoms with Gasteiger partial charge in [-0.1, -0.05) is 37.4 Å². The van der Waals surface area contributed by atoms with Crippen molar-refractivity contribution in [1.29, 1.82) is 0 Å². The van der Waals surface area contributed by atoms with Gasteiger partial charge in [0.25, 0.3) is 0 Å². The summed E-state index contributed by atoms with van der Waals surface area (Å²) in [7, 11) is 0. The van der Waals surface area contributed by atoms with Crippen LogP contribution in [-0.2, 0) is 6.42 Å². The lowest BCUT2D eigenvalue weighted by molar-refractivity contribution is 0.222. The summed E-state index contributed by atoms with van der Waals surface area (Å²) in [6.45, 7) is 2.30. The predicted octanol–water partition coefficient (Wildman–Crippen LogP) is 3.68. The Bertz CT molecular complexity index is 425. The first-order valence-electron chi connectivity index (χ1n) is 7.00. The lowest BCUT2D eigenvalue weighted by Gasteiger charge is -2.33. The molecule has 0 aliphatic heterocycles. The van der Waals surface area contributed by atoms with Gasteiger partial charge in [0.15, 0.2) is 0 Å². The van der Waals surface area contributed by atoms with Gasteiger partial charge < -0.3 is 0 Å². The van der Waals surface area contributed by atoms with Crippen LogP contribution in [0, 0.1) is 17.7 Å². The van der Waals surface area contributed by atoms with Crippen LogP contribution in [0.4, 0.5) is 4.39 Å². The zero-order valence-electron chi connectivity index (χ0n) is 11.3. The molecule has 1 aliphatic rings. The van der Waals surface area contributed by atoms with Crippen LogP contribution in [0.15, 0.2) is 18.2 Å². The monoisotopic (exact) mass is 284 g/mol. The fourth-order valence-corrected chi connectivity index (χ4v) is 3.38. The average molecular weight is 285 g/mol. The van der Waals surface area contributed by atoms with Crippen LogP contribution in [0.1, 0.15) is 38.2 Å². The normalized spacial score (nSPS) is 25.3. The van der Waals surface area contributed by atoms with Gasteiger partial charge in [0.05, 0.1) is 0 Å². The van der Waals surface area contributed by atoms with Crippen LogP contribution in [0.3, 0.4) is 0 Å². The highest BCUT2D eigenvalue weighted by Crippen LogP contribution is 2.32. The van der Waals surface area contributed by atoms with Crippen LogP contribution >= 0.6 is 11.6 Å². The standard InChI is InChI=1S/C15H22ClFN2/c1-10-3-2-4-12(7-10)15(19-18)8-11-5-6-13(17)9-14(11)16/h5-6,9-10,12,15,19H,2-4,7-8,18H2,1H3. The van der Waals surface area contributed by atoms with E-state index in [4.69, 9.17) is 17.4 Å². The zero-order chi connectivity index (χ0) is 13.8. The fourth-order valence-electron chi connectivity index (χ4n) is 3.13. The summed E-state index contributed by atoms with van der Waals surface area (Å²) in [5.41, 5.74) is 3.89. The minimum Gasteiger partial charge on any atom is -0.271 e. The summed E-state index contributed by atoms with van der Waals surface area (Å²) in [4.78, 5) is 0. The number of rotatable bonds is 4. The molecule has 1 aromatic rings. The van der Waals surface area contributed by atoms with E-state index < -0.39 is 0 Å². The molecule has 0 radical (unpaired) electrons. The second kappa shape index (κ2) is 6.69. The van der Waals surface area contributed by atoms with Gasteiger partial charge >= 0.3 is 0 Å². The van der Waals surface area contributed by atoms with E-state index >= 15 is 0 Å². The molecule has 2 nitrogen and oxygen atoms in total. The molecule has 1 fully saturated rings. The molecular formula is C15H22ClFN2. The Balaban J connectivity index is 2.05. The van der Waals surface area contributed by atoms with E-state index in [0.717, 1.165) is 17.9 Å². The Kier molecular flexibility index (Phi) is 5.20. The van der Waals surface area contributed by atoms with Gasteiger partial charge in [-0.3, -0.25) is 11.3 Å². The Morgan fingerprint density at radius 3 is 2.89 bits per heavy atom. The largest absolute Gasteiger partial charge is 0.271 e. The van der Waals surface area contributed by atoms with Crippen molar-refractivity contribution in [2.75, 3.05) is 0 Å². The van der Waals surface area contributed by atoms with Gasteiger partial charge in [-0.2, -0.15) is 0 Å². The maximum Gasteiger partial charge on any atom is 0.124 e.